The number of hydrogen-bond donors (Lipinski definition) is 1. The smallest absolute Gasteiger partial charge is 0.255 e. The molecule has 1 heterocycles. The van der Waals surface area contributed by atoms with Crippen LogP contribution in [0.25, 0.3) is 0 Å². The molecule has 130 valence electrons. The molecule has 1 N–H and O–H groups in total. The molecule has 0 saturated carbocycles. The number of carbonyl (C=O) groups is 1. The second-order valence-electron chi connectivity index (χ2n) is 5.61. The molecule has 0 atom stereocenters. The summed E-state index contributed by atoms with van der Waals surface area (Å²) < 4.78 is 5.71. The normalized spacial score (nSPS) is 9.70. The topological polar surface area (TPSA) is 98.8 Å². The number of carbonyl (C=O) groups excluding carboxylic acids is 1. The van der Waals surface area contributed by atoms with E-state index in [2.05, 4.69) is 22.4 Å². The Morgan fingerprint density at radius 3 is 2.59 bits per heavy atom. The number of nitrogens with one attached hydrogen (secondary N) is 1. The van der Waals surface area contributed by atoms with Gasteiger partial charge in [-0.05, 0) is 48.0 Å². The summed E-state index contributed by atoms with van der Waals surface area (Å²) >= 11 is 0. The lowest BCUT2D eigenvalue weighted by atomic mass is 10.1. The average Bonchev–Trinajstić information content (AvgIpc) is 2.73. The van der Waals surface area contributed by atoms with E-state index in [4.69, 9.17) is 10.00 Å². The van der Waals surface area contributed by atoms with Crippen molar-refractivity contribution in [2.24, 2.45) is 0 Å². The Morgan fingerprint density at radius 2 is 1.85 bits per heavy atom. The molecule has 0 spiro atoms. The van der Waals surface area contributed by atoms with Gasteiger partial charge in [-0.25, -0.2) is 0 Å². The predicted molar refractivity (Wildman–Crippen MR) is 98.8 cm³/mol. The zero-order valence-corrected chi connectivity index (χ0v) is 14.2. The third-order valence-electron chi connectivity index (χ3n) is 3.75. The summed E-state index contributed by atoms with van der Waals surface area (Å²) in [6.07, 6.45) is 3.07. The van der Waals surface area contributed by atoms with Crippen LogP contribution in [0.5, 0.6) is 5.75 Å². The van der Waals surface area contributed by atoms with Crippen LogP contribution in [-0.4, -0.2) is 10.9 Å². The monoisotopic (exact) mass is 354 g/mol. The maximum absolute atomic E-state index is 12.2. The van der Waals surface area contributed by atoms with Gasteiger partial charge in [-0.15, -0.1) is 0 Å². The summed E-state index contributed by atoms with van der Waals surface area (Å²) in [6, 6.07) is 19.3. The number of ether oxygens (including phenoxy) is 1. The highest BCUT2D eigenvalue weighted by Gasteiger charge is 2.09. The minimum absolute atomic E-state index is 0.229. The summed E-state index contributed by atoms with van der Waals surface area (Å²) in [7, 11) is 0. The molecule has 0 fully saturated rings. The molecular formula is C21H14N4O2. The van der Waals surface area contributed by atoms with Crippen molar-refractivity contribution in [2.75, 3.05) is 5.32 Å². The Hall–Kier alpha value is -4.16. The molecule has 2 aromatic carbocycles. The number of nitrogens with zero attached hydrogens (tertiary/aromatic N) is 3. The van der Waals surface area contributed by atoms with E-state index < -0.39 is 0 Å². The molecule has 0 saturated heterocycles. The standard InChI is InChI=1S/C21H14N4O2/c22-12-15-2-1-3-16(10-15)14-27-20-5-4-19(11-18(20)13-23)25-21(26)17-6-8-24-9-7-17/h1-11H,14H2,(H,25,26). The number of anilines is 1. The Bertz CT molecular complexity index is 1050. The number of benzene rings is 2. The second-order valence-corrected chi connectivity index (χ2v) is 5.61. The van der Waals surface area contributed by atoms with Crippen LogP contribution in [0, 0.1) is 22.7 Å². The molecule has 0 unspecified atom stereocenters. The fourth-order valence-electron chi connectivity index (χ4n) is 2.42. The van der Waals surface area contributed by atoms with Crippen molar-refractivity contribution in [3.8, 4) is 17.9 Å². The second kappa shape index (κ2) is 8.28. The van der Waals surface area contributed by atoms with E-state index in [1.165, 1.54) is 12.4 Å². The van der Waals surface area contributed by atoms with Gasteiger partial charge < -0.3 is 10.1 Å². The van der Waals surface area contributed by atoms with Crippen molar-refractivity contribution in [2.45, 2.75) is 6.61 Å². The van der Waals surface area contributed by atoms with E-state index >= 15 is 0 Å². The molecule has 0 radical (unpaired) electrons. The first-order valence-electron chi connectivity index (χ1n) is 8.07. The van der Waals surface area contributed by atoms with Gasteiger partial charge in [0.15, 0.2) is 0 Å². The lowest BCUT2D eigenvalue weighted by Crippen LogP contribution is -2.12. The molecule has 3 rings (SSSR count). The van der Waals surface area contributed by atoms with E-state index in [0.717, 1.165) is 5.56 Å². The molecule has 0 aliphatic heterocycles. The van der Waals surface area contributed by atoms with Gasteiger partial charge in [-0.3, -0.25) is 9.78 Å². The molecule has 3 aromatic rings. The highest BCUT2D eigenvalue weighted by Crippen LogP contribution is 2.23. The number of aromatic nitrogens is 1. The Labute approximate surface area is 156 Å². The van der Waals surface area contributed by atoms with Crippen molar-refractivity contribution in [1.29, 1.82) is 10.5 Å². The first-order chi connectivity index (χ1) is 13.2. The number of hydrogen-bond acceptors (Lipinski definition) is 5. The minimum atomic E-state index is -0.289. The first-order valence-corrected chi connectivity index (χ1v) is 8.07. The average molecular weight is 354 g/mol. The minimum Gasteiger partial charge on any atom is -0.488 e. The summed E-state index contributed by atoms with van der Waals surface area (Å²) in [5, 5.41) is 21.1. The summed E-state index contributed by atoms with van der Waals surface area (Å²) in [4.78, 5) is 16.1. The Balaban J connectivity index is 1.72. The van der Waals surface area contributed by atoms with Gasteiger partial charge in [0.1, 0.15) is 18.4 Å². The zero-order valence-electron chi connectivity index (χ0n) is 14.2. The molecule has 0 bridgehead atoms. The summed E-state index contributed by atoms with van der Waals surface area (Å²) in [5.41, 5.74) is 2.64. The van der Waals surface area contributed by atoms with Crippen LogP contribution in [0.1, 0.15) is 27.0 Å². The van der Waals surface area contributed by atoms with Crippen LogP contribution < -0.4 is 10.1 Å². The van der Waals surface area contributed by atoms with Crippen molar-refractivity contribution in [1.82, 2.24) is 4.98 Å². The van der Waals surface area contributed by atoms with E-state index in [1.807, 2.05) is 6.07 Å². The molecule has 0 aliphatic carbocycles. The van der Waals surface area contributed by atoms with Crippen LogP contribution in [-0.2, 0) is 6.61 Å². The lowest BCUT2D eigenvalue weighted by Gasteiger charge is -2.11. The van der Waals surface area contributed by atoms with Gasteiger partial charge in [0.2, 0.25) is 0 Å². The van der Waals surface area contributed by atoms with Crippen molar-refractivity contribution in [3.63, 3.8) is 0 Å². The Morgan fingerprint density at radius 1 is 1.04 bits per heavy atom. The Kier molecular flexibility index (Phi) is 5.42. The number of rotatable bonds is 5. The SMILES string of the molecule is N#Cc1cccc(COc2ccc(NC(=O)c3ccncc3)cc2C#N)c1. The van der Waals surface area contributed by atoms with Crippen LogP contribution in [0.15, 0.2) is 67.0 Å². The number of pyridine rings is 1. The van der Waals surface area contributed by atoms with E-state index in [0.29, 0.717) is 28.1 Å². The van der Waals surface area contributed by atoms with Crippen molar-refractivity contribution in [3.05, 3.63) is 89.2 Å². The third kappa shape index (κ3) is 4.47. The van der Waals surface area contributed by atoms with Gasteiger partial charge in [-0.1, -0.05) is 12.1 Å². The fourth-order valence-corrected chi connectivity index (χ4v) is 2.42. The number of nitriles is 2. The van der Waals surface area contributed by atoms with Gasteiger partial charge in [0.05, 0.1) is 17.2 Å². The molecule has 1 amide bonds. The maximum atomic E-state index is 12.2. The number of amides is 1. The fraction of sp³-hybridized carbons (Fsp3) is 0.0476. The third-order valence-corrected chi connectivity index (χ3v) is 3.75. The van der Waals surface area contributed by atoms with Crippen LogP contribution in [0.4, 0.5) is 5.69 Å². The molecule has 27 heavy (non-hydrogen) atoms. The largest absolute Gasteiger partial charge is 0.488 e. The highest BCUT2D eigenvalue weighted by molar-refractivity contribution is 6.04. The van der Waals surface area contributed by atoms with E-state index in [1.54, 1.807) is 48.5 Å². The molecule has 6 nitrogen and oxygen atoms in total. The van der Waals surface area contributed by atoms with Crippen molar-refractivity contribution < 1.29 is 9.53 Å². The first kappa shape index (κ1) is 17.7. The maximum Gasteiger partial charge on any atom is 0.255 e. The van der Waals surface area contributed by atoms with Crippen LogP contribution >= 0.6 is 0 Å². The molecule has 6 heteroatoms. The zero-order chi connectivity index (χ0) is 19.1. The summed E-state index contributed by atoms with van der Waals surface area (Å²) in [6.45, 7) is 0.229. The lowest BCUT2D eigenvalue weighted by molar-refractivity contribution is 0.102. The van der Waals surface area contributed by atoms with Crippen LogP contribution in [0.3, 0.4) is 0 Å². The summed E-state index contributed by atoms with van der Waals surface area (Å²) in [5.74, 6) is 0.116. The van der Waals surface area contributed by atoms with Crippen molar-refractivity contribution >= 4 is 11.6 Å². The van der Waals surface area contributed by atoms with Gasteiger partial charge in [-0.2, -0.15) is 10.5 Å². The molecule has 0 aliphatic rings. The van der Waals surface area contributed by atoms with Gasteiger partial charge in [0, 0.05) is 23.6 Å². The van der Waals surface area contributed by atoms with Gasteiger partial charge in [0.25, 0.3) is 5.91 Å². The molecular weight excluding hydrogens is 340 g/mol. The van der Waals surface area contributed by atoms with Crippen LogP contribution in [0.2, 0.25) is 0 Å². The van der Waals surface area contributed by atoms with E-state index in [9.17, 15) is 10.1 Å². The highest BCUT2D eigenvalue weighted by atomic mass is 16.5. The predicted octanol–water partition coefficient (Wildman–Crippen LogP) is 3.66. The quantitative estimate of drug-likeness (QED) is 0.754. The van der Waals surface area contributed by atoms with Gasteiger partial charge >= 0.3 is 0 Å². The molecule has 1 aromatic heterocycles. The van der Waals surface area contributed by atoms with E-state index in [-0.39, 0.29) is 12.5 Å².